The van der Waals surface area contributed by atoms with Crippen molar-refractivity contribution < 1.29 is 14.7 Å². The third kappa shape index (κ3) is 5.40. The number of aliphatic hydroxyl groups excluding tert-OH is 1. The third-order valence-corrected chi connectivity index (χ3v) is 3.00. The first-order chi connectivity index (χ1) is 11.2. The molecular weight excluding hydrogens is 296 g/mol. The molecule has 0 unspecified atom stereocenters. The van der Waals surface area contributed by atoms with Gasteiger partial charge in [0.2, 0.25) is 0 Å². The summed E-state index contributed by atoms with van der Waals surface area (Å²) in [5.41, 5.74) is 1.99. The van der Waals surface area contributed by atoms with Crippen molar-refractivity contribution in [3.05, 3.63) is 59.9 Å². The molecule has 1 aromatic carbocycles. The zero-order chi connectivity index (χ0) is 16.5. The Balaban J connectivity index is 1.83. The molecule has 7 heteroatoms. The number of amides is 3. The Morgan fingerprint density at radius 1 is 1.00 bits per heavy atom. The molecule has 1 aromatic heterocycles. The van der Waals surface area contributed by atoms with Gasteiger partial charge in [-0.25, -0.2) is 4.79 Å². The van der Waals surface area contributed by atoms with Gasteiger partial charge in [-0.3, -0.25) is 9.78 Å². The van der Waals surface area contributed by atoms with Crippen molar-refractivity contribution in [2.24, 2.45) is 0 Å². The predicted octanol–water partition coefficient (Wildman–Crippen LogP) is 1.13. The molecule has 2 aromatic rings. The maximum absolute atomic E-state index is 11.8. The maximum atomic E-state index is 11.8. The lowest BCUT2D eigenvalue weighted by Gasteiger charge is -2.08. The number of urea groups is 1. The molecule has 2 rings (SSSR count). The number of aliphatic hydroxyl groups is 1. The van der Waals surface area contributed by atoms with E-state index < -0.39 is 0 Å². The van der Waals surface area contributed by atoms with E-state index >= 15 is 0 Å². The number of benzene rings is 1. The van der Waals surface area contributed by atoms with Crippen LogP contribution >= 0.6 is 0 Å². The van der Waals surface area contributed by atoms with E-state index in [4.69, 9.17) is 5.11 Å². The first-order valence-corrected chi connectivity index (χ1v) is 7.12. The van der Waals surface area contributed by atoms with Gasteiger partial charge in [-0.2, -0.15) is 0 Å². The molecule has 0 atom stereocenters. The Morgan fingerprint density at radius 2 is 1.70 bits per heavy atom. The summed E-state index contributed by atoms with van der Waals surface area (Å²) in [6.07, 6.45) is 3.32. The van der Waals surface area contributed by atoms with Gasteiger partial charge in [0.15, 0.2) is 0 Å². The van der Waals surface area contributed by atoms with Gasteiger partial charge in [-0.1, -0.05) is 0 Å². The van der Waals surface area contributed by atoms with Crippen molar-refractivity contribution in [2.45, 2.75) is 6.54 Å². The van der Waals surface area contributed by atoms with Crippen LogP contribution in [0.25, 0.3) is 0 Å². The lowest BCUT2D eigenvalue weighted by atomic mass is 10.2. The molecule has 0 spiro atoms. The molecule has 0 saturated heterocycles. The smallest absolute Gasteiger partial charge is 0.319 e. The van der Waals surface area contributed by atoms with Gasteiger partial charge >= 0.3 is 6.03 Å². The topological polar surface area (TPSA) is 103 Å². The van der Waals surface area contributed by atoms with E-state index in [0.29, 0.717) is 17.8 Å². The minimum atomic E-state index is -0.334. The van der Waals surface area contributed by atoms with Crippen LogP contribution in [0.2, 0.25) is 0 Å². The van der Waals surface area contributed by atoms with Gasteiger partial charge in [-0.15, -0.1) is 0 Å². The van der Waals surface area contributed by atoms with E-state index in [9.17, 15) is 9.59 Å². The average molecular weight is 314 g/mol. The molecular formula is C16H18N4O3. The largest absolute Gasteiger partial charge is 0.395 e. The van der Waals surface area contributed by atoms with Crippen LogP contribution in [0, 0.1) is 0 Å². The summed E-state index contributed by atoms with van der Waals surface area (Å²) >= 11 is 0. The Kier molecular flexibility index (Phi) is 6.07. The molecule has 1 heterocycles. The van der Waals surface area contributed by atoms with Crippen LogP contribution in [0.5, 0.6) is 0 Å². The number of hydrogen-bond acceptors (Lipinski definition) is 4. The summed E-state index contributed by atoms with van der Waals surface area (Å²) < 4.78 is 0. The maximum Gasteiger partial charge on any atom is 0.319 e. The lowest BCUT2D eigenvalue weighted by Crippen LogP contribution is -2.28. The van der Waals surface area contributed by atoms with Crippen molar-refractivity contribution in [3.63, 3.8) is 0 Å². The highest BCUT2D eigenvalue weighted by Gasteiger charge is 2.06. The Hall–Kier alpha value is -2.93. The van der Waals surface area contributed by atoms with E-state index in [0.717, 1.165) is 5.56 Å². The fraction of sp³-hybridized carbons (Fsp3) is 0.188. The average Bonchev–Trinajstić information content (AvgIpc) is 2.59. The van der Waals surface area contributed by atoms with Crippen molar-refractivity contribution in [2.75, 3.05) is 18.5 Å². The summed E-state index contributed by atoms with van der Waals surface area (Å²) in [6.45, 7) is 0.495. The van der Waals surface area contributed by atoms with Crippen LogP contribution < -0.4 is 16.0 Å². The summed E-state index contributed by atoms with van der Waals surface area (Å²) in [5, 5.41) is 16.6. The number of nitrogens with one attached hydrogen (secondary N) is 3. The van der Waals surface area contributed by atoms with Crippen molar-refractivity contribution >= 4 is 17.6 Å². The highest BCUT2D eigenvalue weighted by Crippen LogP contribution is 2.09. The van der Waals surface area contributed by atoms with Gasteiger partial charge < -0.3 is 21.1 Å². The summed E-state index contributed by atoms with van der Waals surface area (Å²) in [4.78, 5) is 27.4. The highest BCUT2D eigenvalue weighted by molar-refractivity contribution is 5.95. The van der Waals surface area contributed by atoms with Crippen molar-refractivity contribution in [1.82, 2.24) is 15.6 Å². The first kappa shape index (κ1) is 16.4. The second kappa shape index (κ2) is 8.50. The molecule has 0 bridgehead atoms. The van der Waals surface area contributed by atoms with Gasteiger partial charge in [0, 0.05) is 36.7 Å². The van der Waals surface area contributed by atoms with Gasteiger partial charge in [0.1, 0.15) is 0 Å². The highest BCUT2D eigenvalue weighted by atomic mass is 16.3. The Bertz CT molecular complexity index is 644. The zero-order valence-corrected chi connectivity index (χ0v) is 12.5. The van der Waals surface area contributed by atoms with Crippen molar-refractivity contribution in [1.29, 1.82) is 0 Å². The van der Waals surface area contributed by atoms with E-state index in [2.05, 4.69) is 20.9 Å². The lowest BCUT2D eigenvalue weighted by molar-refractivity contribution is 0.0945. The number of carbonyl (C=O) groups excluding carboxylic acids is 2. The standard InChI is InChI=1S/C16H18N4O3/c21-10-9-18-15(22)13-1-3-14(4-2-13)20-16(23)19-11-12-5-7-17-8-6-12/h1-8,21H,9-11H2,(H,18,22)(H2,19,20,23). The molecule has 4 N–H and O–H groups in total. The van der Waals surface area contributed by atoms with Crippen LogP contribution in [0.1, 0.15) is 15.9 Å². The van der Waals surface area contributed by atoms with E-state index in [1.165, 1.54) is 0 Å². The third-order valence-electron chi connectivity index (χ3n) is 3.00. The Morgan fingerprint density at radius 3 is 2.35 bits per heavy atom. The van der Waals surface area contributed by atoms with Gasteiger partial charge in [0.25, 0.3) is 5.91 Å². The second-order valence-corrected chi connectivity index (χ2v) is 4.72. The van der Waals surface area contributed by atoms with E-state index in [1.54, 1.807) is 36.7 Å². The molecule has 0 fully saturated rings. The molecule has 0 aliphatic rings. The molecule has 23 heavy (non-hydrogen) atoms. The fourth-order valence-corrected chi connectivity index (χ4v) is 1.83. The van der Waals surface area contributed by atoms with Crippen LogP contribution in [-0.4, -0.2) is 35.2 Å². The van der Waals surface area contributed by atoms with Crippen molar-refractivity contribution in [3.8, 4) is 0 Å². The Labute approximate surface area is 133 Å². The van der Waals surface area contributed by atoms with E-state index in [-0.39, 0.29) is 25.1 Å². The van der Waals surface area contributed by atoms with Gasteiger partial charge in [-0.05, 0) is 42.0 Å². The SMILES string of the molecule is O=C(NCc1ccncc1)Nc1ccc(C(=O)NCCO)cc1. The first-order valence-electron chi connectivity index (χ1n) is 7.12. The van der Waals surface area contributed by atoms with Crippen LogP contribution in [0.4, 0.5) is 10.5 Å². The van der Waals surface area contributed by atoms with Crippen LogP contribution in [-0.2, 0) is 6.54 Å². The number of rotatable bonds is 6. The molecule has 120 valence electrons. The number of hydrogen-bond donors (Lipinski definition) is 4. The molecule has 7 nitrogen and oxygen atoms in total. The normalized spacial score (nSPS) is 9.96. The minimum absolute atomic E-state index is 0.108. The number of pyridine rings is 1. The van der Waals surface area contributed by atoms with Gasteiger partial charge in [0.05, 0.1) is 6.61 Å². The monoisotopic (exact) mass is 314 g/mol. The number of anilines is 1. The quantitative estimate of drug-likeness (QED) is 0.641. The fourth-order valence-electron chi connectivity index (χ4n) is 1.83. The number of nitrogens with zero attached hydrogens (tertiary/aromatic N) is 1. The molecule has 3 amide bonds. The number of aromatic nitrogens is 1. The zero-order valence-electron chi connectivity index (χ0n) is 12.5. The molecule has 0 aliphatic carbocycles. The molecule has 0 saturated carbocycles. The summed E-state index contributed by atoms with van der Waals surface area (Å²) in [6, 6.07) is 9.79. The molecule has 0 aliphatic heterocycles. The molecule has 0 radical (unpaired) electrons. The predicted molar refractivity (Wildman–Crippen MR) is 86.0 cm³/mol. The van der Waals surface area contributed by atoms with Crippen LogP contribution in [0.15, 0.2) is 48.8 Å². The van der Waals surface area contributed by atoms with E-state index in [1.807, 2.05) is 12.1 Å². The van der Waals surface area contributed by atoms with Crippen LogP contribution in [0.3, 0.4) is 0 Å². The summed E-state index contributed by atoms with van der Waals surface area (Å²) in [7, 11) is 0. The number of carbonyl (C=O) groups is 2. The minimum Gasteiger partial charge on any atom is -0.395 e. The second-order valence-electron chi connectivity index (χ2n) is 4.72. The summed E-state index contributed by atoms with van der Waals surface area (Å²) in [5.74, 6) is -0.271.